The zero-order valence-electron chi connectivity index (χ0n) is 18.6. The predicted molar refractivity (Wildman–Crippen MR) is 130 cm³/mol. The minimum absolute atomic E-state index is 0.0676. The molecule has 170 valence electrons. The third kappa shape index (κ3) is 6.47. The van der Waals surface area contributed by atoms with Gasteiger partial charge in [-0.05, 0) is 47.7 Å². The lowest BCUT2D eigenvalue weighted by Crippen LogP contribution is -2.32. The summed E-state index contributed by atoms with van der Waals surface area (Å²) in [5.74, 6) is 0.516. The number of methoxy groups -OCH3 is 1. The number of hydrogen-bond donors (Lipinski definition) is 1. The van der Waals surface area contributed by atoms with Crippen LogP contribution in [0.5, 0.6) is 5.75 Å². The van der Waals surface area contributed by atoms with E-state index in [0.29, 0.717) is 24.4 Å². The molecule has 3 aromatic rings. The molecular weight excluding hydrogens is 424 g/mol. The number of hydrogen-bond acceptors (Lipinski definition) is 4. The van der Waals surface area contributed by atoms with Gasteiger partial charge in [-0.15, -0.1) is 0 Å². The van der Waals surface area contributed by atoms with Crippen molar-refractivity contribution >= 4 is 32.4 Å². The Bertz CT molecular complexity index is 1160. The molecule has 0 aliphatic carbocycles. The molecule has 32 heavy (non-hydrogen) atoms. The SMILES string of the molecule is COc1cccc(N(CCCC(=O)NCCCc2cccc3ccccc23)S(C)(=O)=O)c1. The molecule has 7 heteroatoms. The first-order valence-corrected chi connectivity index (χ1v) is 12.6. The summed E-state index contributed by atoms with van der Waals surface area (Å²) in [6.07, 6.45) is 3.60. The summed E-state index contributed by atoms with van der Waals surface area (Å²) in [6.45, 7) is 0.823. The number of carbonyl (C=O) groups is 1. The van der Waals surface area contributed by atoms with Gasteiger partial charge in [-0.25, -0.2) is 8.42 Å². The van der Waals surface area contributed by atoms with Gasteiger partial charge in [0.25, 0.3) is 0 Å². The molecule has 0 heterocycles. The van der Waals surface area contributed by atoms with Crippen LogP contribution in [0.3, 0.4) is 0 Å². The highest BCUT2D eigenvalue weighted by Gasteiger charge is 2.18. The summed E-state index contributed by atoms with van der Waals surface area (Å²) in [5, 5.41) is 5.42. The number of aryl methyl sites for hydroxylation is 1. The molecule has 0 aliphatic heterocycles. The molecule has 1 N–H and O–H groups in total. The molecule has 3 aromatic carbocycles. The number of anilines is 1. The maximum absolute atomic E-state index is 12.2. The summed E-state index contributed by atoms with van der Waals surface area (Å²) < 4.78 is 31.0. The van der Waals surface area contributed by atoms with E-state index in [1.165, 1.54) is 34.0 Å². The van der Waals surface area contributed by atoms with Crippen molar-refractivity contribution in [3.8, 4) is 5.75 Å². The average molecular weight is 455 g/mol. The highest BCUT2D eigenvalue weighted by atomic mass is 32.2. The van der Waals surface area contributed by atoms with Gasteiger partial charge in [0, 0.05) is 25.6 Å². The molecule has 0 saturated carbocycles. The Morgan fingerprint density at radius 1 is 1.00 bits per heavy atom. The number of carbonyl (C=O) groups excluding carboxylic acids is 1. The molecule has 0 fully saturated rings. The highest BCUT2D eigenvalue weighted by molar-refractivity contribution is 7.92. The second kappa shape index (κ2) is 11.0. The van der Waals surface area contributed by atoms with E-state index in [1.807, 2.05) is 12.1 Å². The summed E-state index contributed by atoms with van der Waals surface area (Å²) in [4.78, 5) is 12.2. The van der Waals surface area contributed by atoms with Crippen molar-refractivity contribution in [2.75, 3.05) is 30.8 Å². The van der Waals surface area contributed by atoms with E-state index in [4.69, 9.17) is 4.74 Å². The van der Waals surface area contributed by atoms with E-state index in [-0.39, 0.29) is 18.9 Å². The number of nitrogens with one attached hydrogen (secondary N) is 1. The van der Waals surface area contributed by atoms with Gasteiger partial charge < -0.3 is 10.1 Å². The number of nitrogens with zero attached hydrogens (tertiary/aromatic N) is 1. The standard InChI is InChI=1S/C25H30N2O4S/c1-31-23-14-6-13-22(19-23)27(32(2,29)30)18-8-16-25(28)26-17-7-12-21-11-5-10-20-9-3-4-15-24(20)21/h3-6,9-11,13-15,19H,7-8,12,16-18H2,1-2H3,(H,26,28). The summed E-state index contributed by atoms with van der Waals surface area (Å²) in [5.41, 5.74) is 1.81. The first kappa shape index (κ1) is 23.6. The van der Waals surface area contributed by atoms with Crippen LogP contribution in [0.1, 0.15) is 24.8 Å². The first-order valence-electron chi connectivity index (χ1n) is 10.7. The molecule has 0 aromatic heterocycles. The van der Waals surface area contributed by atoms with E-state index >= 15 is 0 Å². The van der Waals surface area contributed by atoms with Crippen LogP contribution in [0.2, 0.25) is 0 Å². The smallest absolute Gasteiger partial charge is 0.232 e. The van der Waals surface area contributed by atoms with Crippen molar-refractivity contribution in [3.63, 3.8) is 0 Å². The van der Waals surface area contributed by atoms with Gasteiger partial charge >= 0.3 is 0 Å². The summed E-state index contributed by atoms with van der Waals surface area (Å²) in [7, 11) is -1.93. The maximum atomic E-state index is 12.2. The number of ether oxygens (including phenoxy) is 1. The Balaban J connectivity index is 1.45. The van der Waals surface area contributed by atoms with Crippen LogP contribution in [0, 0.1) is 0 Å². The van der Waals surface area contributed by atoms with Crippen LogP contribution >= 0.6 is 0 Å². The first-order chi connectivity index (χ1) is 15.4. The van der Waals surface area contributed by atoms with Crippen molar-refractivity contribution in [1.29, 1.82) is 0 Å². The lowest BCUT2D eigenvalue weighted by molar-refractivity contribution is -0.121. The van der Waals surface area contributed by atoms with Gasteiger partial charge in [-0.2, -0.15) is 0 Å². The normalized spacial score (nSPS) is 11.3. The fraction of sp³-hybridized carbons (Fsp3) is 0.320. The molecule has 3 rings (SSSR count). The second-order valence-corrected chi connectivity index (χ2v) is 9.64. The third-order valence-electron chi connectivity index (χ3n) is 5.33. The van der Waals surface area contributed by atoms with E-state index in [0.717, 1.165) is 12.8 Å². The van der Waals surface area contributed by atoms with Gasteiger partial charge in [0.05, 0.1) is 19.1 Å². The third-order valence-corrected chi connectivity index (χ3v) is 6.53. The number of sulfonamides is 1. The number of benzene rings is 3. The topological polar surface area (TPSA) is 75.7 Å². The molecule has 0 saturated heterocycles. The van der Waals surface area contributed by atoms with E-state index in [2.05, 4.69) is 35.6 Å². The molecule has 0 radical (unpaired) electrons. The predicted octanol–water partition coefficient (Wildman–Crippen LogP) is 4.14. The molecule has 0 bridgehead atoms. The van der Waals surface area contributed by atoms with Crippen LogP contribution in [-0.2, 0) is 21.2 Å². The van der Waals surface area contributed by atoms with E-state index in [9.17, 15) is 13.2 Å². The van der Waals surface area contributed by atoms with Gasteiger partial charge in [-0.1, -0.05) is 48.5 Å². The van der Waals surface area contributed by atoms with Crippen LogP contribution < -0.4 is 14.4 Å². The highest BCUT2D eigenvalue weighted by Crippen LogP contribution is 2.23. The molecular formula is C25H30N2O4S. The zero-order chi connectivity index (χ0) is 23.0. The maximum Gasteiger partial charge on any atom is 0.232 e. The Morgan fingerprint density at radius 2 is 1.75 bits per heavy atom. The number of amides is 1. The van der Waals surface area contributed by atoms with Crippen LogP contribution in [0.4, 0.5) is 5.69 Å². The lowest BCUT2D eigenvalue weighted by atomic mass is 10.0. The van der Waals surface area contributed by atoms with Gasteiger partial charge in [0.15, 0.2) is 0 Å². The molecule has 0 aliphatic rings. The number of fused-ring (bicyclic) bond motifs is 1. The monoisotopic (exact) mass is 454 g/mol. The summed E-state index contributed by atoms with van der Waals surface area (Å²) in [6, 6.07) is 21.5. The molecule has 1 amide bonds. The lowest BCUT2D eigenvalue weighted by Gasteiger charge is -2.22. The van der Waals surface area contributed by atoms with Crippen molar-refractivity contribution in [2.24, 2.45) is 0 Å². The van der Waals surface area contributed by atoms with Gasteiger partial charge in [0.2, 0.25) is 15.9 Å². The largest absolute Gasteiger partial charge is 0.497 e. The van der Waals surface area contributed by atoms with Gasteiger partial charge in [-0.3, -0.25) is 9.10 Å². The minimum atomic E-state index is -3.46. The fourth-order valence-corrected chi connectivity index (χ4v) is 4.70. The summed E-state index contributed by atoms with van der Waals surface area (Å²) >= 11 is 0. The second-order valence-electron chi connectivity index (χ2n) is 7.73. The quantitative estimate of drug-likeness (QED) is 0.442. The molecule has 0 spiro atoms. The van der Waals surface area contributed by atoms with Crippen molar-refractivity contribution in [3.05, 3.63) is 72.3 Å². The average Bonchev–Trinajstić information content (AvgIpc) is 2.79. The van der Waals surface area contributed by atoms with Crippen LogP contribution in [0.25, 0.3) is 10.8 Å². The Morgan fingerprint density at radius 3 is 2.53 bits per heavy atom. The molecule has 0 atom stereocenters. The minimum Gasteiger partial charge on any atom is -0.497 e. The van der Waals surface area contributed by atoms with Crippen molar-refractivity contribution < 1.29 is 17.9 Å². The Labute approximate surface area is 190 Å². The molecule has 6 nitrogen and oxygen atoms in total. The zero-order valence-corrected chi connectivity index (χ0v) is 19.4. The van der Waals surface area contributed by atoms with Gasteiger partial charge in [0.1, 0.15) is 5.75 Å². The molecule has 0 unspecified atom stereocenters. The van der Waals surface area contributed by atoms with E-state index in [1.54, 1.807) is 24.3 Å². The van der Waals surface area contributed by atoms with Crippen molar-refractivity contribution in [2.45, 2.75) is 25.7 Å². The Kier molecular flexibility index (Phi) is 8.11. The van der Waals surface area contributed by atoms with Crippen LogP contribution in [0.15, 0.2) is 66.7 Å². The van der Waals surface area contributed by atoms with Crippen LogP contribution in [-0.4, -0.2) is 40.8 Å². The van der Waals surface area contributed by atoms with Crippen molar-refractivity contribution in [1.82, 2.24) is 5.32 Å². The van der Waals surface area contributed by atoms with E-state index < -0.39 is 10.0 Å². The Hall–Kier alpha value is -3.06. The fourth-order valence-electron chi connectivity index (χ4n) is 3.74. The number of rotatable bonds is 11.